The van der Waals surface area contributed by atoms with Crippen LogP contribution in [0.2, 0.25) is 0 Å². The van der Waals surface area contributed by atoms with Gasteiger partial charge in [0, 0.05) is 18.4 Å². The summed E-state index contributed by atoms with van der Waals surface area (Å²) in [5.41, 5.74) is 9.89. The van der Waals surface area contributed by atoms with Crippen molar-refractivity contribution in [3.05, 3.63) is 46.9 Å². The monoisotopic (exact) mass is 405 g/mol. The van der Waals surface area contributed by atoms with Gasteiger partial charge in [-0.1, -0.05) is 25.0 Å². The minimum Gasteiger partial charge on any atom is -0.384 e. The molecule has 3 aromatic rings. The van der Waals surface area contributed by atoms with E-state index in [2.05, 4.69) is 39.0 Å². The van der Waals surface area contributed by atoms with E-state index in [-0.39, 0.29) is 23.7 Å². The first kappa shape index (κ1) is 19.9. The molecule has 4 rings (SSSR count). The molecule has 1 aliphatic rings. The van der Waals surface area contributed by atoms with E-state index < -0.39 is 5.91 Å². The number of aromatic amines is 1. The summed E-state index contributed by atoms with van der Waals surface area (Å²) in [6, 6.07) is 7.32. The summed E-state index contributed by atoms with van der Waals surface area (Å²) in [5, 5.41) is 12.5. The highest BCUT2D eigenvalue weighted by atomic mass is 16.5. The number of rotatable bonds is 5. The number of aromatic nitrogens is 3. The molecule has 1 aromatic carbocycles. The SMILES string of the molecule is COCc1ccc(NC(=O)c2nc(N)c3c(C4(C)CC4)c(C#CCO)[nH]c3n2)cc1. The van der Waals surface area contributed by atoms with Crippen LogP contribution in [0.4, 0.5) is 11.5 Å². The van der Waals surface area contributed by atoms with Gasteiger partial charge in [-0.2, -0.15) is 0 Å². The van der Waals surface area contributed by atoms with E-state index in [1.54, 1.807) is 19.2 Å². The number of nitrogen functional groups attached to an aromatic ring is 1. The number of nitrogens with zero attached hydrogens (tertiary/aromatic N) is 2. The third-order valence-corrected chi connectivity index (χ3v) is 5.30. The average molecular weight is 405 g/mol. The second kappa shape index (κ2) is 7.78. The molecule has 1 aliphatic carbocycles. The van der Waals surface area contributed by atoms with Crippen LogP contribution in [0.1, 0.15) is 47.2 Å². The molecule has 1 saturated carbocycles. The van der Waals surface area contributed by atoms with Gasteiger partial charge in [-0.15, -0.1) is 0 Å². The van der Waals surface area contributed by atoms with E-state index in [1.807, 2.05) is 12.1 Å². The maximum atomic E-state index is 12.7. The first-order valence-electron chi connectivity index (χ1n) is 9.64. The normalized spacial score (nSPS) is 14.2. The number of methoxy groups -OCH3 is 1. The van der Waals surface area contributed by atoms with Crippen molar-refractivity contribution in [2.45, 2.75) is 31.8 Å². The highest BCUT2D eigenvalue weighted by Gasteiger charge is 2.43. The summed E-state index contributed by atoms with van der Waals surface area (Å²) in [5.74, 6) is 5.35. The molecule has 2 heterocycles. The minimum absolute atomic E-state index is 0.0311. The molecule has 2 aromatic heterocycles. The number of amides is 1. The molecule has 0 unspecified atom stereocenters. The van der Waals surface area contributed by atoms with Crippen molar-refractivity contribution < 1.29 is 14.6 Å². The van der Waals surface area contributed by atoms with E-state index in [4.69, 9.17) is 15.6 Å². The third kappa shape index (κ3) is 3.73. The van der Waals surface area contributed by atoms with Crippen molar-refractivity contribution >= 4 is 28.4 Å². The fourth-order valence-corrected chi connectivity index (χ4v) is 3.52. The van der Waals surface area contributed by atoms with Gasteiger partial charge >= 0.3 is 0 Å². The van der Waals surface area contributed by atoms with Crippen LogP contribution in [-0.4, -0.2) is 39.7 Å². The van der Waals surface area contributed by atoms with Crippen molar-refractivity contribution in [2.75, 3.05) is 24.8 Å². The minimum atomic E-state index is -0.458. The first-order valence-corrected chi connectivity index (χ1v) is 9.64. The Balaban J connectivity index is 1.68. The zero-order chi connectivity index (χ0) is 21.3. The predicted molar refractivity (Wildman–Crippen MR) is 114 cm³/mol. The van der Waals surface area contributed by atoms with Crippen LogP contribution in [0.25, 0.3) is 11.0 Å². The molecular weight excluding hydrogens is 382 g/mol. The standard InChI is InChI=1S/C22H23N5O3/c1-22(9-10-22)17-15(4-3-11-28)25-19-16(17)18(23)26-20(27-19)21(29)24-14-7-5-13(6-8-14)12-30-2/h5-8,28H,9-12H2,1-2H3,(H,24,29)(H3,23,25,26,27). The molecule has 0 atom stereocenters. The van der Waals surface area contributed by atoms with Crippen molar-refractivity contribution in [3.63, 3.8) is 0 Å². The molecule has 0 spiro atoms. The molecule has 154 valence electrons. The summed E-state index contributed by atoms with van der Waals surface area (Å²) in [6.45, 7) is 2.39. The maximum absolute atomic E-state index is 12.7. The number of hydrogen-bond acceptors (Lipinski definition) is 6. The number of aliphatic hydroxyl groups is 1. The number of benzene rings is 1. The molecule has 1 fully saturated rings. The lowest BCUT2D eigenvalue weighted by Gasteiger charge is -2.10. The van der Waals surface area contributed by atoms with Crippen LogP contribution in [0.3, 0.4) is 0 Å². The smallest absolute Gasteiger partial charge is 0.293 e. The Morgan fingerprint density at radius 2 is 2.07 bits per heavy atom. The van der Waals surface area contributed by atoms with Crippen molar-refractivity contribution in [2.24, 2.45) is 0 Å². The van der Waals surface area contributed by atoms with Gasteiger partial charge in [-0.3, -0.25) is 4.79 Å². The van der Waals surface area contributed by atoms with Gasteiger partial charge in [0.25, 0.3) is 5.91 Å². The van der Waals surface area contributed by atoms with Gasteiger partial charge < -0.3 is 25.9 Å². The highest BCUT2D eigenvalue weighted by molar-refractivity contribution is 6.04. The molecule has 0 radical (unpaired) electrons. The molecule has 30 heavy (non-hydrogen) atoms. The molecule has 8 heteroatoms. The van der Waals surface area contributed by atoms with Gasteiger partial charge in [0.2, 0.25) is 5.82 Å². The fraction of sp³-hybridized carbons (Fsp3) is 0.318. The Labute approximate surface area is 173 Å². The molecule has 1 amide bonds. The van der Waals surface area contributed by atoms with Gasteiger partial charge in [0.1, 0.15) is 18.1 Å². The van der Waals surface area contributed by atoms with E-state index in [9.17, 15) is 4.79 Å². The Bertz CT molecular complexity index is 1170. The second-order valence-corrected chi connectivity index (χ2v) is 7.64. The van der Waals surface area contributed by atoms with Crippen LogP contribution in [0, 0.1) is 11.8 Å². The molecule has 0 saturated heterocycles. The molecule has 8 nitrogen and oxygen atoms in total. The largest absolute Gasteiger partial charge is 0.384 e. The van der Waals surface area contributed by atoms with Crippen LogP contribution < -0.4 is 11.1 Å². The topological polar surface area (TPSA) is 126 Å². The van der Waals surface area contributed by atoms with Gasteiger partial charge in [-0.05, 0) is 41.9 Å². The lowest BCUT2D eigenvalue weighted by atomic mass is 9.95. The molecule has 0 bridgehead atoms. The Hall–Kier alpha value is -3.41. The van der Waals surface area contributed by atoms with Crippen molar-refractivity contribution in [1.29, 1.82) is 0 Å². The van der Waals surface area contributed by atoms with Crippen LogP contribution >= 0.6 is 0 Å². The number of nitrogens with two attached hydrogens (primary N) is 1. The number of anilines is 2. The molecule has 5 N–H and O–H groups in total. The van der Waals surface area contributed by atoms with Gasteiger partial charge in [-0.25, -0.2) is 9.97 Å². The third-order valence-electron chi connectivity index (χ3n) is 5.30. The van der Waals surface area contributed by atoms with Crippen LogP contribution in [0.15, 0.2) is 24.3 Å². The van der Waals surface area contributed by atoms with E-state index >= 15 is 0 Å². The number of carbonyl (C=O) groups excluding carboxylic acids is 1. The lowest BCUT2D eigenvalue weighted by Crippen LogP contribution is -2.17. The summed E-state index contributed by atoms with van der Waals surface area (Å²) < 4.78 is 5.09. The van der Waals surface area contributed by atoms with Gasteiger partial charge in [0.15, 0.2) is 0 Å². The Morgan fingerprint density at radius 3 is 2.70 bits per heavy atom. The maximum Gasteiger partial charge on any atom is 0.293 e. The lowest BCUT2D eigenvalue weighted by molar-refractivity contribution is 0.101. The highest BCUT2D eigenvalue weighted by Crippen LogP contribution is 2.51. The summed E-state index contributed by atoms with van der Waals surface area (Å²) >= 11 is 0. The quantitative estimate of drug-likeness (QED) is 0.483. The summed E-state index contributed by atoms with van der Waals surface area (Å²) in [7, 11) is 1.63. The van der Waals surface area contributed by atoms with Gasteiger partial charge in [0.05, 0.1) is 17.7 Å². The number of carbonyl (C=O) groups is 1. The van der Waals surface area contributed by atoms with E-state index in [1.165, 1.54) is 0 Å². The second-order valence-electron chi connectivity index (χ2n) is 7.64. The number of hydrogen-bond donors (Lipinski definition) is 4. The van der Waals surface area contributed by atoms with Crippen LogP contribution in [0.5, 0.6) is 0 Å². The van der Waals surface area contributed by atoms with E-state index in [0.29, 0.717) is 29.0 Å². The Morgan fingerprint density at radius 1 is 1.33 bits per heavy atom. The number of fused-ring (bicyclic) bond motifs is 1. The average Bonchev–Trinajstić information content (AvgIpc) is 3.35. The molecule has 0 aliphatic heterocycles. The number of aliphatic hydroxyl groups excluding tert-OH is 1. The van der Waals surface area contributed by atoms with Crippen LogP contribution in [-0.2, 0) is 16.8 Å². The summed E-state index contributed by atoms with van der Waals surface area (Å²) in [6.07, 6.45) is 2.02. The first-order chi connectivity index (χ1) is 14.4. The predicted octanol–water partition coefficient (Wildman–Crippen LogP) is 2.33. The summed E-state index contributed by atoms with van der Waals surface area (Å²) in [4.78, 5) is 24.5. The van der Waals surface area contributed by atoms with E-state index in [0.717, 1.165) is 24.0 Å². The Kier molecular flexibility index (Phi) is 5.16. The number of ether oxygens (including phenoxy) is 1. The fourth-order valence-electron chi connectivity index (χ4n) is 3.52. The van der Waals surface area contributed by atoms with Crippen molar-refractivity contribution in [3.8, 4) is 11.8 Å². The number of H-pyrrole nitrogens is 1. The molecular formula is C22H23N5O3. The zero-order valence-corrected chi connectivity index (χ0v) is 16.9. The number of nitrogens with one attached hydrogen (secondary N) is 2. The van der Waals surface area contributed by atoms with Crippen molar-refractivity contribution in [1.82, 2.24) is 15.0 Å². The zero-order valence-electron chi connectivity index (χ0n) is 16.9.